The van der Waals surface area contributed by atoms with Crippen LogP contribution in [0.5, 0.6) is 5.75 Å². The number of rotatable bonds is 5. The Balaban J connectivity index is 1.79. The molecule has 0 atom stereocenters. The molecule has 0 aliphatic rings. The highest BCUT2D eigenvalue weighted by molar-refractivity contribution is 9.11. The standard InChI is InChI=1S/C24H19Br2N3O/c1-2-11-30-21-10-6-3-7-15(21)14-29-23-17(12-16(25)13-18(23)26)22-24(29)28-20-9-5-4-8-19(20)27-22/h3-10,12-13H,2,11,14H2,1H3. The fraction of sp³-hybridized carbons (Fsp3) is 0.167. The number of aromatic nitrogens is 3. The Morgan fingerprint density at radius 1 is 0.933 bits per heavy atom. The van der Waals surface area contributed by atoms with Crippen molar-refractivity contribution < 1.29 is 4.74 Å². The van der Waals surface area contributed by atoms with Crippen LogP contribution in [-0.4, -0.2) is 21.1 Å². The zero-order valence-corrected chi connectivity index (χ0v) is 19.6. The van der Waals surface area contributed by atoms with Crippen LogP contribution in [0, 0.1) is 0 Å². The summed E-state index contributed by atoms with van der Waals surface area (Å²) in [5.74, 6) is 0.913. The third-order valence-corrected chi connectivity index (χ3v) is 6.19. The average Bonchev–Trinajstić information content (AvgIpc) is 3.04. The Labute approximate surface area is 191 Å². The topological polar surface area (TPSA) is 39.9 Å². The second-order valence-corrected chi connectivity index (χ2v) is 8.98. The van der Waals surface area contributed by atoms with E-state index in [2.05, 4.69) is 67.6 Å². The number of hydrogen-bond donors (Lipinski definition) is 0. The predicted octanol–water partition coefficient (Wildman–Crippen LogP) is 7.10. The van der Waals surface area contributed by atoms with Crippen molar-refractivity contribution in [1.82, 2.24) is 14.5 Å². The van der Waals surface area contributed by atoms with Gasteiger partial charge in [0.2, 0.25) is 0 Å². The number of fused-ring (bicyclic) bond motifs is 4. The zero-order valence-electron chi connectivity index (χ0n) is 16.4. The molecule has 6 heteroatoms. The summed E-state index contributed by atoms with van der Waals surface area (Å²) in [6.45, 7) is 3.46. The number of benzene rings is 3. The molecule has 150 valence electrons. The van der Waals surface area contributed by atoms with Crippen LogP contribution in [0.15, 0.2) is 69.6 Å². The van der Waals surface area contributed by atoms with E-state index in [0.717, 1.165) is 59.8 Å². The van der Waals surface area contributed by atoms with E-state index in [1.165, 1.54) is 0 Å². The Kier molecular flexibility index (Phi) is 5.21. The molecule has 2 heterocycles. The first-order valence-electron chi connectivity index (χ1n) is 9.90. The van der Waals surface area contributed by atoms with Gasteiger partial charge < -0.3 is 9.30 Å². The molecule has 0 spiro atoms. The highest BCUT2D eigenvalue weighted by Gasteiger charge is 2.19. The molecule has 5 rings (SSSR count). The third-order valence-electron chi connectivity index (χ3n) is 5.12. The van der Waals surface area contributed by atoms with Crippen LogP contribution in [0.4, 0.5) is 0 Å². The smallest absolute Gasteiger partial charge is 0.160 e. The molecule has 0 N–H and O–H groups in total. The van der Waals surface area contributed by atoms with Gasteiger partial charge in [-0.25, -0.2) is 9.97 Å². The van der Waals surface area contributed by atoms with Crippen LogP contribution in [0.2, 0.25) is 0 Å². The van der Waals surface area contributed by atoms with Gasteiger partial charge in [0.1, 0.15) is 11.3 Å². The summed E-state index contributed by atoms with van der Waals surface area (Å²) in [5.41, 5.74) is 5.75. The minimum atomic E-state index is 0.646. The molecule has 0 fully saturated rings. The van der Waals surface area contributed by atoms with E-state index < -0.39 is 0 Å². The molecule has 3 aromatic carbocycles. The van der Waals surface area contributed by atoms with Gasteiger partial charge >= 0.3 is 0 Å². The Morgan fingerprint density at radius 3 is 2.47 bits per heavy atom. The molecule has 0 saturated carbocycles. The first kappa shape index (κ1) is 19.5. The normalized spacial score (nSPS) is 11.6. The van der Waals surface area contributed by atoms with Gasteiger partial charge in [-0.3, -0.25) is 0 Å². The van der Waals surface area contributed by atoms with Crippen molar-refractivity contribution in [2.75, 3.05) is 6.61 Å². The average molecular weight is 525 g/mol. The van der Waals surface area contributed by atoms with Crippen molar-refractivity contribution in [3.05, 3.63) is 75.2 Å². The molecule has 5 aromatic rings. The number of nitrogens with zero attached hydrogens (tertiary/aromatic N) is 3. The van der Waals surface area contributed by atoms with Crippen molar-refractivity contribution in [1.29, 1.82) is 0 Å². The second kappa shape index (κ2) is 8.00. The Morgan fingerprint density at radius 2 is 1.67 bits per heavy atom. The molecule has 0 bridgehead atoms. The summed E-state index contributed by atoms with van der Waals surface area (Å²) in [4.78, 5) is 9.96. The van der Waals surface area contributed by atoms with Crippen molar-refractivity contribution in [3.8, 4) is 5.75 Å². The lowest BCUT2D eigenvalue weighted by Gasteiger charge is -2.13. The van der Waals surface area contributed by atoms with Gasteiger partial charge in [0, 0.05) is 19.9 Å². The number of ether oxygens (including phenoxy) is 1. The molecule has 4 nitrogen and oxygen atoms in total. The molecular formula is C24H19Br2N3O. The van der Waals surface area contributed by atoms with Crippen molar-refractivity contribution in [3.63, 3.8) is 0 Å². The van der Waals surface area contributed by atoms with Gasteiger partial charge in [0.05, 0.1) is 29.7 Å². The zero-order chi connectivity index (χ0) is 20.7. The van der Waals surface area contributed by atoms with Gasteiger partial charge in [-0.05, 0) is 52.7 Å². The fourth-order valence-electron chi connectivity index (χ4n) is 3.80. The lowest BCUT2D eigenvalue weighted by atomic mass is 10.2. The predicted molar refractivity (Wildman–Crippen MR) is 129 cm³/mol. The molecule has 0 amide bonds. The number of para-hydroxylation sites is 3. The SMILES string of the molecule is CCCOc1ccccc1Cn1c2nc3ccccc3nc2c2cc(Br)cc(Br)c21. The van der Waals surface area contributed by atoms with Crippen molar-refractivity contribution >= 4 is 65.0 Å². The highest BCUT2D eigenvalue weighted by atomic mass is 79.9. The fourth-order valence-corrected chi connectivity index (χ4v) is 5.24. The minimum absolute atomic E-state index is 0.646. The summed E-state index contributed by atoms with van der Waals surface area (Å²) >= 11 is 7.40. The van der Waals surface area contributed by atoms with E-state index >= 15 is 0 Å². The van der Waals surface area contributed by atoms with E-state index in [1.807, 2.05) is 36.4 Å². The molecule has 0 aliphatic heterocycles. The summed E-state index contributed by atoms with van der Waals surface area (Å²) < 4.78 is 10.2. The highest BCUT2D eigenvalue weighted by Crippen LogP contribution is 2.36. The molecule has 0 aliphatic carbocycles. The summed E-state index contributed by atoms with van der Waals surface area (Å²) in [7, 11) is 0. The van der Waals surface area contributed by atoms with E-state index in [4.69, 9.17) is 14.7 Å². The lowest BCUT2D eigenvalue weighted by molar-refractivity contribution is 0.313. The van der Waals surface area contributed by atoms with Crippen LogP contribution in [0.25, 0.3) is 33.1 Å². The quantitative estimate of drug-likeness (QED) is 0.246. The van der Waals surface area contributed by atoms with Crippen molar-refractivity contribution in [2.24, 2.45) is 0 Å². The van der Waals surface area contributed by atoms with Crippen LogP contribution < -0.4 is 4.74 Å². The van der Waals surface area contributed by atoms with Crippen LogP contribution in [0.1, 0.15) is 18.9 Å². The molecule has 0 radical (unpaired) electrons. The molecule has 0 saturated heterocycles. The van der Waals surface area contributed by atoms with E-state index in [0.29, 0.717) is 13.2 Å². The Hall–Kier alpha value is -2.44. The molecular weight excluding hydrogens is 506 g/mol. The first-order chi connectivity index (χ1) is 14.7. The minimum Gasteiger partial charge on any atom is -0.493 e. The summed E-state index contributed by atoms with van der Waals surface area (Å²) in [6, 6.07) is 20.4. The van der Waals surface area contributed by atoms with Gasteiger partial charge in [0.15, 0.2) is 5.65 Å². The second-order valence-electron chi connectivity index (χ2n) is 7.21. The monoisotopic (exact) mass is 523 g/mol. The summed E-state index contributed by atoms with van der Waals surface area (Å²) in [5, 5.41) is 1.07. The van der Waals surface area contributed by atoms with Crippen LogP contribution in [-0.2, 0) is 6.54 Å². The van der Waals surface area contributed by atoms with Gasteiger partial charge in [0.25, 0.3) is 0 Å². The molecule has 2 aromatic heterocycles. The molecule has 30 heavy (non-hydrogen) atoms. The van der Waals surface area contributed by atoms with E-state index in [-0.39, 0.29) is 0 Å². The van der Waals surface area contributed by atoms with Gasteiger partial charge in [-0.1, -0.05) is 53.2 Å². The maximum absolute atomic E-state index is 6.01. The van der Waals surface area contributed by atoms with E-state index in [9.17, 15) is 0 Å². The van der Waals surface area contributed by atoms with Crippen LogP contribution >= 0.6 is 31.9 Å². The third kappa shape index (κ3) is 3.38. The van der Waals surface area contributed by atoms with Crippen molar-refractivity contribution in [2.45, 2.75) is 19.9 Å². The van der Waals surface area contributed by atoms with Crippen LogP contribution in [0.3, 0.4) is 0 Å². The largest absolute Gasteiger partial charge is 0.493 e. The maximum Gasteiger partial charge on any atom is 0.160 e. The number of halogens is 2. The first-order valence-corrected chi connectivity index (χ1v) is 11.5. The van der Waals surface area contributed by atoms with Gasteiger partial charge in [-0.2, -0.15) is 0 Å². The number of hydrogen-bond acceptors (Lipinski definition) is 3. The maximum atomic E-state index is 6.01. The van der Waals surface area contributed by atoms with Gasteiger partial charge in [-0.15, -0.1) is 0 Å². The lowest BCUT2D eigenvalue weighted by Crippen LogP contribution is -2.05. The summed E-state index contributed by atoms with van der Waals surface area (Å²) in [6.07, 6.45) is 0.973. The molecule has 0 unspecified atom stereocenters. The van der Waals surface area contributed by atoms with E-state index in [1.54, 1.807) is 0 Å². The Bertz CT molecular complexity index is 1390.